The molecule has 26 heavy (non-hydrogen) atoms. The summed E-state index contributed by atoms with van der Waals surface area (Å²) in [6, 6.07) is 13.2. The van der Waals surface area contributed by atoms with Crippen LogP contribution in [-0.2, 0) is 10.0 Å². The van der Waals surface area contributed by atoms with Crippen molar-refractivity contribution in [2.24, 2.45) is 0 Å². The Bertz CT molecular complexity index is 890. The Morgan fingerprint density at radius 1 is 1.08 bits per heavy atom. The first-order valence-electron chi connectivity index (χ1n) is 8.13. The Hall–Kier alpha value is -2.45. The third kappa shape index (κ3) is 5.03. The Kier molecular flexibility index (Phi) is 5.68. The molecule has 0 saturated carbocycles. The summed E-state index contributed by atoms with van der Waals surface area (Å²) in [6.07, 6.45) is 0. The second-order valence-electron chi connectivity index (χ2n) is 7.07. The van der Waals surface area contributed by atoms with Crippen LogP contribution in [0, 0.1) is 10.1 Å². The van der Waals surface area contributed by atoms with Gasteiger partial charge in [0.1, 0.15) is 5.69 Å². The summed E-state index contributed by atoms with van der Waals surface area (Å²) in [4.78, 5) is 10.7. The van der Waals surface area contributed by atoms with Crippen molar-refractivity contribution in [1.82, 2.24) is 4.72 Å². The second-order valence-corrected chi connectivity index (χ2v) is 8.75. The molecule has 0 heterocycles. The van der Waals surface area contributed by atoms with E-state index >= 15 is 0 Å². The minimum absolute atomic E-state index is 0.142. The van der Waals surface area contributed by atoms with Gasteiger partial charge >= 0.3 is 0 Å². The number of sulfonamides is 1. The Labute approximate surface area is 153 Å². The van der Waals surface area contributed by atoms with E-state index in [4.69, 9.17) is 0 Å². The molecule has 0 aromatic heterocycles. The highest BCUT2D eigenvalue weighted by Crippen LogP contribution is 2.31. The molecule has 0 unspecified atom stereocenters. The van der Waals surface area contributed by atoms with Crippen LogP contribution in [-0.4, -0.2) is 18.9 Å². The summed E-state index contributed by atoms with van der Waals surface area (Å²) in [7, 11) is -3.85. The van der Waals surface area contributed by atoms with Crippen molar-refractivity contribution in [2.75, 3.05) is 5.32 Å². The molecule has 1 atom stereocenters. The third-order valence-corrected chi connectivity index (χ3v) is 5.34. The largest absolute Gasteiger partial charge is 0.373 e. The fourth-order valence-corrected chi connectivity index (χ4v) is 3.91. The number of anilines is 1. The maximum atomic E-state index is 12.4. The lowest BCUT2D eigenvalue weighted by atomic mass is 10.1. The Balaban J connectivity index is 2.37. The average molecular weight is 377 g/mol. The highest BCUT2D eigenvalue weighted by Gasteiger charge is 2.26. The van der Waals surface area contributed by atoms with Crippen molar-refractivity contribution in [1.29, 1.82) is 0 Å². The standard InChI is InChI=1S/C18H23N3O4S/c1-13(14-8-6-5-7-9-14)19-16-11-10-15(12-17(16)21(22)23)26(24,25)20-18(2,3)4/h5-13,19-20H,1-4H3/t13-/m0/s1. The molecule has 0 aliphatic heterocycles. The molecule has 0 fully saturated rings. The van der Waals surface area contributed by atoms with E-state index in [1.54, 1.807) is 20.8 Å². The first-order chi connectivity index (χ1) is 12.0. The minimum atomic E-state index is -3.85. The third-order valence-electron chi connectivity index (χ3n) is 3.59. The lowest BCUT2D eigenvalue weighted by Gasteiger charge is -2.21. The highest BCUT2D eigenvalue weighted by atomic mass is 32.2. The maximum Gasteiger partial charge on any atom is 0.293 e. The van der Waals surface area contributed by atoms with Crippen molar-refractivity contribution >= 4 is 21.4 Å². The Morgan fingerprint density at radius 3 is 2.23 bits per heavy atom. The van der Waals surface area contributed by atoms with Crippen molar-refractivity contribution < 1.29 is 13.3 Å². The first kappa shape index (κ1) is 19.9. The summed E-state index contributed by atoms with van der Waals surface area (Å²) < 4.78 is 27.3. The number of nitrogens with one attached hydrogen (secondary N) is 2. The van der Waals surface area contributed by atoms with Gasteiger partial charge in [0.05, 0.1) is 9.82 Å². The average Bonchev–Trinajstić information content (AvgIpc) is 2.53. The lowest BCUT2D eigenvalue weighted by molar-refractivity contribution is -0.384. The van der Waals surface area contributed by atoms with E-state index in [1.807, 2.05) is 37.3 Å². The monoisotopic (exact) mass is 377 g/mol. The van der Waals surface area contributed by atoms with Gasteiger partial charge < -0.3 is 5.32 Å². The van der Waals surface area contributed by atoms with Crippen LogP contribution in [0.5, 0.6) is 0 Å². The SMILES string of the molecule is C[C@H](Nc1ccc(S(=O)(=O)NC(C)(C)C)cc1[N+](=O)[O-])c1ccccc1. The molecule has 2 aromatic rings. The zero-order valence-electron chi connectivity index (χ0n) is 15.2. The molecule has 7 nitrogen and oxygen atoms in total. The van der Waals surface area contributed by atoms with E-state index < -0.39 is 20.5 Å². The van der Waals surface area contributed by atoms with Crippen LogP contribution in [0.1, 0.15) is 39.3 Å². The van der Waals surface area contributed by atoms with Gasteiger partial charge in [-0.05, 0) is 45.4 Å². The van der Waals surface area contributed by atoms with E-state index in [-0.39, 0.29) is 22.3 Å². The van der Waals surface area contributed by atoms with Crippen LogP contribution in [0.4, 0.5) is 11.4 Å². The summed E-state index contributed by atoms with van der Waals surface area (Å²) in [5, 5.41) is 14.5. The van der Waals surface area contributed by atoms with Gasteiger partial charge in [0.2, 0.25) is 10.0 Å². The number of nitro benzene ring substituents is 1. The van der Waals surface area contributed by atoms with Gasteiger partial charge in [-0.25, -0.2) is 13.1 Å². The fourth-order valence-electron chi connectivity index (χ4n) is 2.47. The molecule has 140 valence electrons. The van der Waals surface area contributed by atoms with Gasteiger partial charge in [0.15, 0.2) is 0 Å². The van der Waals surface area contributed by atoms with E-state index in [0.29, 0.717) is 0 Å². The van der Waals surface area contributed by atoms with Crippen LogP contribution in [0.2, 0.25) is 0 Å². The normalized spacial score (nSPS) is 13.2. The maximum absolute atomic E-state index is 12.4. The van der Waals surface area contributed by atoms with Gasteiger partial charge in [-0.3, -0.25) is 10.1 Å². The number of nitrogens with zero attached hydrogens (tertiary/aromatic N) is 1. The summed E-state index contributed by atoms with van der Waals surface area (Å²) >= 11 is 0. The van der Waals surface area contributed by atoms with Crippen molar-refractivity contribution in [3.63, 3.8) is 0 Å². The lowest BCUT2D eigenvalue weighted by Crippen LogP contribution is -2.40. The van der Waals surface area contributed by atoms with Crippen LogP contribution in [0.3, 0.4) is 0 Å². The quantitative estimate of drug-likeness (QED) is 0.588. The molecular formula is C18H23N3O4S. The smallest absolute Gasteiger partial charge is 0.293 e. The molecule has 0 radical (unpaired) electrons. The van der Waals surface area contributed by atoms with Crippen molar-refractivity contribution in [3.05, 3.63) is 64.2 Å². The zero-order valence-corrected chi connectivity index (χ0v) is 16.0. The van der Waals surface area contributed by atoms with Gasteiger partial charge in [0.25, 0.3) is 5.69 Å². The van der Waals surface area contributed by atoms with Gasteiger partial charge in [0, 0.05) is 17.6 Å². The van der Waals surface area contributed by atoms with Gasteiger partial charge in [-0.2, -0.15) is 0 Å². The van der Waals surface area contributed by atoms with Crippen LogP contribution >= 0.6 is 0 Å². The predicted octanol–water partition coefficient (Wildman–Crippen LogP) is 3.84. The molecule has 0 aliphatic carbocycles. The highest BCUT2D eigenvalue weighted by molar-refractivity contribution is 7.89. The van der Waals surface area contributed by atoms with Crippen LogP contribution < -0.4 is 10.0 Å². The molecule has 0 amide bonds. The molecule has 2 aromatic carbocycles. The Morgan fingerprint density at radius 2 is 1.69 bits per heavy atom. The molecular weight excluding hydrogens is 354 g/mol. The molecule has 2 rings (SSSR count). The zero-order chi connectivity index (χ0) is 19.5. The van der Waals surface area contributed by atoms with E-state index in [9.17, 15) is 18.5 Å². The number of hydrogen-bond acceptors (Lipinski definition) is 5. The van der Waals surface area contributed by atoms with Crippen LogP contribution in [0.25, 0.3) is 0 Å². The van der Waals surface area contributed by atoms with Gasteiger partial charge in [-0.15, -0.1) is 0 Å². The number of benzene rings is 2. The fraction of sp³-hybridized carbons (Fsp3) is 0.333. The number of hydrogen-bond donors (Lipinski definition) is 2. The van der Waals surface area contributed by atoms with Crippen molar-refractivity contribution in [2.45, 2.75) is 44.2 Å². The minimum Gasteiger partial charge on any atom is -0.373 e. The van der Waals surface area contributed by atoms with E-state index in [0.717, 1.165) is 11.6 Å². The van der Waals surface area contributed by atoms with Gasteiger partial charge in [-0.1, -0.05) is 30.3 Å². The number of nitro groups is 1. The van der Waals surface area contributed by atoms with E-state index in [1.165, 1.54) is 12.1 Å². The van der Waals surface area contributed by atoms with Crippen molar-refractivity contribution in [3.8, 4) is 0 Å². The molecule has 0 saturated heterocycles. The topological polar surface area (TPSA) is 101 Å². The summed E-state index contributed by atoms with van der Waals surface area (Å²) in [5.41, 5.74) is 0.255. The number of rotatable bonds is 6. The summed E-state index contributed by atoms with van der Waals surface area (Å²) in [6.45, 7) is 6.99. The second kappa shape index (κ2) is 7.43. The van der Waals surface area contributed by atoms with E-state index in [2.05, 4.69) is 10.0 Å². The molecule has 2 N–H and O–H groups in total. The predicted molar refractivity (Wildman–Crippen MR) is 102 cm³/mol. The molecule has 8 heteroatoms. The summed E-state index contributed by atoms with van der Waals surface area (Å²) in [5.74, 6) is 0. The molecule has 0 bridgehead atoms. The molecule has 0 aliphatic rings. The first-order valence-corrected chi connectivity index (χ1v) is 9.62. The molecule has 0 spiro atoms. The van der Waals surface area contributed by atoms with Crippen LogP contribution in [0.15, 0.2) is 53.4 Å².